The van der Waals surface area contributed by atoms with Gasteiger partial charge in [0.25, 0.3) is 0 Å². The molecule has 0 spiro atoms. The molecule has 0 amide bonds. The van der Waals surface area contributed by atoms with Crippen LogP contribution in [-0.4, -0.2) is 12.1 Å². The molecule has 1 N–H and O–H groups in total. The molecule has 0 aliphatic heterocycles. The summed E-state index contributed by atoms with van der Waals surface area (Å²) in [6, 6.07) is 10.9. The van der Waals surface area contributed by atoms with Crippen molar-refractivity contribution in [1.82, 2.24) is 5.32 Å². The van der Waals surface area contributed by atoms with E-state index in [1.165, 1.54) is 31.2 Å². The van der Waals surface area contributed by atoms with Crippen LogP contribution < -0.4 is 5.32 Å². The summed E-state index contributed by atoms with van der Waals surface area (Å²) in [5, 5.41) is 3.68. The lowest BCUT2D eigenvalue weighted by atomic mass is 9.91. The number of hydrogen-bond donors (Lipinski definition) is 1. The molecule has 0 saturated carbocycles. The van der Waals surface area contributed by atoms with Crippen molar-refractivity contribution in [2.24, 2.45) is 11.8 Å². The fourth-order valence-electron chi connectivity index (χ4n) is 2.49. The maximum absolute atomic E-state index is 3.68. The van der Waals surface area contributed by atoms with E-state index in [-0.39, 0.29) is 5.54 Å². The molecule has 0 bridgehead atoms. The maximum Gasteiger partial charge on any atom is 0.00966 e. The van der Waals surface area contributed by atoms with Crippen molar-refractivity contribution in [3.05, 3.63) is 35.9 Å². The zero-order chi connectivity index (χ0) is 15.0. The predicted octanol–water partition coefficient (Wildman–Crippen LogP) is 5.06. The largest absolute Gasteiger partial charge is 0.312 e. The Hall–Kier alpha value is -0.820. The lowest BCUT2D eigenvalue weighted by Crippen LogP contribution is -2.39. The molecule has 0 aliphatic rings. The van der Waals surface area contributed by atoms with Gasteiger partial charge in [-0.15, -0.1) is 0 Å². The maximum atomic E-state index is 3.68. The minimum atomic E-state index is 0.215. The van der Waals surface area contributed by atoms with Crippen LogP contribution in [0.2, 0.25) is 0 Å². The molecule has 1 rings (SSSR count). The Bertz CT molecular complexity index is 348. The van der Waals surface area contributed by atoms with E-state index >= 15 is 0 Å². The average Bonchev–Trinajstić information content (AvgIpc) is 2.35. The Balaban J connectivity index is 2.49. The van der Waals surface area contributed by atoms with E-state index < -0.39 is 0 Å². The summed E-state index contributed by atoms with van der Waals surface area (Å²) in [5.41, 5.74) is 1.69. The molecule has 1 unspecified atom stereocenters. The van der Waals surface area contributed by atoms with Crippen LogP contribution in [0.25, 0.3) is 0 Å². The molecule has 0 saturated heterocycles. The lowest BCUT2D eigenvalue weighted by Gasteiger charge is -2.25. The summed E-state index contributed by atoms with van der Waals surface area (Å²) < 4.78 is 0. The fourth-order valence-corrected chi connectivity index (χ4v) is 2.49. The first-order valence-electron chi connectivity index (χ1n) is 8.16. The Morgan fingerprint density at radius 1 is 1.00 bits per heavy atom. The molecule has 1 atom stereocenters. The van der Waals surface area contributed by atoms with Crippen molar-refractivity contribution in [3.63, 3.8) is 0 Å². The van der Waals surface area contributed by atoms with Crippen molar-refractivity contribution < 1.29 is 0 Å². The van der Waals surface area contributed by atoms with Crippen LogP contribution in [-0.2, 0) is 6.42 Å². The number of rotatable bonds is 8. The molecule has 1 aromatic rings. The second kappa shape index (κ2) is 8.46. The van der Waals surface area contributed by atoms with Crippen LogP contribution in [0.1, 0.15) is 59.4 Å². The average molecular weight is 275 g/mol. The van der Waals surface area contributed by atoms with E-state index in [1.807, 2.05) is 0 Å². The van der Waals surface area contributed by atoms with E-state index in [0.29, 0.717) is 0 Å². The Kier molecular flexibility index (Phi) is 7.29. The van der Waals surface area contributed by atoms with E-state index in [2.05, 4.69) is 70.3 Å². The smallest absolute Gasteiger partial charge is 0.00966 e. The summed E-state index contributed by atoms with van der Waals surface area (Å²) >= 11 is 0. The second-order valence-corrected chi connectivity index (χ2v) is 7.51. The number of benzene rings is 1. The first-order valence-corrected chi connectivity index (χ1v) is 8.16. The summed E-state index contributed by atoms with van der Waals surface area (Å²) in [4.78, 5) is 0. The standard InChI is InChI=1S/C19H33N/c1-16(2)10-9-13-18(15-20-19(3,4)5)14-17-11-7-6-8-12-17/h6-8,11-12,16,18,20H,9-10,13-15H2,1-5H3. The Morgan fingerprint density at radius 2 is 1.65 bits per heavy atom. The van der Waals surface area contributed by atoms with Crippen LogP contribution in [0.15, 0.2) is 30.3 Å². The van der Waals surface area contributed by atoms with Gasteiger partial charge in [-0.2, -0.15) is 0 Å². The minimum absolute atomic E-state index is 0.215. The molecule has 114 valence electrons. The third-order valence-corrected chi connectivity index (χ3v) is 3.68. The summed E-state index contributed by atoms with van der Waals surface area (Å²) in [5.74, 6) is 1.57. The molecule has 1 nitrogen and oxygen atoms in total. The van der Waals surface area contributed by atoms with Crippen LogP contribution >= 0.6 is 0 Å². The van der Waals surface area contributed by atoms with Gasteiger partial charge in [-0.3, -0.25) is 0 Å². The van der Waals surface area contributed by atoms with Gasteiger partial charge < -0.3 is 5.32 Å². The molecule has 0 heterocycles. The second-order valence-electron chi connectivity index (χ2n) is 7.51. The summed E-state index contributed by atoms with van der Waals surface area (Å²) in [6.07, 6.45) is 5.22. The SMILES string of the molecule is CC(C)CCCC(CNC(C)(C)C)Cc1ccccc1. The molecule has 1 aromatic carbocycles. The third kappa shape index (κ3) is 8.37. The normalized spacial score (nSPS) is 13.7. The molecule has 1 heteroatoms. The summed E-state index contributed by atoms with van der Waals surface area (Å²) in [7, 11) is 0. The molecule has 0 aliphatic carbocycles. The van der Waals surface area contributed by atoms with Crippen LogP contribution in [0.5, 0.6) is 0 Å². The van der Waals surface area contributed by atoms with Gasteiger partial charge >= 0.3 is 0 Å². The van der Waals surface area contributed by atoms with Gasteiger partial charge in [0.05, 0.1) is 0 Å². The van der Waals surface area contributed by atoms with Crippen molar-refractivity contribution in [2.45, 2.75) is 65.8 Å². The predicted molar refractivity (Wildman–Crippen MR) is 90.1 cm³/mol. The topological polar surface area (TPSA) is 12.0 Å². The first kappa shape index (κ1) is 17.2. The van der Waals surface area contributed by atoms with E-state index in [1.54, 1.807) is 0 Å². The highest BCUT2D eigenvalue weighted by atomic mass is 14.9. The molecule has 0 fully saturated rings. The van der Waals surface area contributed by atoms with Gasteiger partial charge in [0, 0.05) is 5.54 Å². The molecule has 0 aromatic heterocycles. The highest BCUT2D eigenvalue weighted by Crippen LogP contribution is 2.18. The molecule has 20 heavy (non-hydrogen) atoms. The van der Waals surface area contributed by atoms with Gasteiger partial charge in [-0.05, 0) is 57.6 Å². The zero-order valence-electron chi connectivity index (χ0n) is 14.1. The first-order chi connectivity index (χ1) is 9.37. The van der Waals surface area contributed by atoms with Gasteiger partial charge in [0.15, 0.2) is 0 Å². The molecular weight excluding hydrogens is 242 g/mol. The lowest BCUT2D eigenvalue weighted by molar-refractivity contribution is 0.344. The molecular formula is C19H33N. The monoisotopic (exact) mass is 275 g/mol. The quantitative estimate of drug-likeness (QED) is 0.699. The van der Waals surface area contributed by atoms with E-state index in [0.717, 1.165) is 18.4 Å². The van der Waals surface area contributed by atoms with Crippen molar-refractivity contribution in [3.8, 4) is 0 Å². The highest BCUT2D eigenvalue weighted by molar-refractivity contribution is 5.15. The Labute approximate surface area is 126 Å². The fraction of sp³-hybridized carbons (Fsp3) is 0.684. The van der Waals surface area contributed by atoms with Crippen LogP contribution in [0.4, 0.5) is 0 Å². The summed E-state index contributed by atoms with van der Waals surface area (Å²) in [6.45, 7) is 12.5. The number of hydrogen-bond acceptors (Lipinski definition) is 1. The highest BCUT2D eigenvalue weighted by Gasteiger charge is 2.15. The van der Waals surface area contributed by atoms with Crippen molar-refractivity contribution in [2.75, 3.05) is 6.54 Å². The molecule has 0 radical (unpaired) electrons. The van der Waals surface area contributed by atoms with Crippen molar-refractivity contribution in [1.29, 1.82) is 0 Å². The zero-order valence-corrected chi connectivity index (χ0v) is 14.1. The number of nitrogens with one attached hydrogen (secondary N) is 1. The van der Waals surface area contributed by atoms with Crippen LogP contribution in [0, 0.1) is 11.8 Å². The van der Waals surface area contributed by atoms with Gasteiger partial charge in [0.1, 0.15) is 0 Å². The van der Waals surface area contributed by atoms with Crippen molar-refractivity contribution >= 4 is 0 Å². The minimum Gasteiger partial charge on any atom is -0.312 e. The van der Waals surface area contributed by atoms with Gasteiger partial charge in [-0.1, -0.05) is 57.0 Å². The third-order valence-electron chi connectivity index (χ3n) is 3.68. The van der Waals surface area contributed by atoms with Gasteiger partial charge in [0.2, 0.25) is 0 Å². The Morgan fingerprint density at radius 3 is 2.20 bits per heavy atom. The van der Waals surface area contributed by atoms with E-state index in [4.69, 9.17) is 0 Å². The van der Waals surface area contributed by atoms with Crippen LogP contribution in [0.3, 0.4) is 0 Å². The van der Waals surface area contributed by atoms with Gasteiger partial charge in [-0.25, -0.2) is 0 Å². The van der Waals surface area contributed by atoms with E-state index in [9.17, 15) is 0 Å².